The van der Waals surface area contributed by atoms with E-state index >= 15 is 0 Å². The minimum atomic E-state index is -0.00458. The number of aromatic nitrogens is 2. The van der Waals surface area contributed by atoms with Crippen molar-refractivity contribution in [1.82, 2.24) is 14.5 Å². The second-order valence-electron chi connectivity index (χ2n) is 4.47. The minimum absolute atomic E-state index is 0.00458. The highest BCUT2D eigenvalue weighted by atomic mass is 35.5. The number of hydrogen-bond donors (Lipinski definition) is 0. The molecule has 0 saturated heterocycles. The van der Waals surface area contributed by atoms with Crippen LogP contribution in [0, 0.1) is 6.92 Å². The largest absolute Gasteiger partial charge is 0.336 e. The van der Waals surface area contributed by atoms with Crippen molar-refractivity contribution in [2.45, 2.75) is 44.0 Å². The molecular formula is C11H16ClN3OS. The number of alkyl halides is 1. The van der Waals surface area contributed by atoms with Crippen LogP contribution in [0.3, 0.4) is 0 Å². The zero-order chi connectivity index (χ0) is 12.4. The zero-order valence-electron chi connectivity index (χ0n) is 10.0. The lowest BCUT2D eigenvalue weighted by molar-refractivity contribution is 0.0704. The molecule has 0 radical (unpaired) electrons. The van der Waals surface area contributed by atoms with Gasteiger partial charge in [-0.15, -0.1) is 16.7 Å². The Bertz CT molecular complexity index is 409. The van der Waals surface area contributed by atoms with Crippen LogP contribution in [0.25, 0.3) is 0 Å². The predicted octanol–water partition coefficient (Wildman–Crippen LogP) is 2.47. The molecule has 1 fully saturated rings. The van der Waals surface area contributed by atoms with Crippen molar-refractivity contribution in [3.05, 3.63) is 10.6 Å². The van der Waals surface area contributed by atoms with Gasteiger partial charge in [0.2, 0.25) is 0 Å². The van der Waals surface area contributed by atoms with Crippen molar-refractivity contribution in [2.24, 2.45) is 0 Å². The Balaban J connectivity index is 2.11. The summed E-state index contributed by atoms with van der Waals surface area (Å²) < 4.78 is 3.80. The van der Waals surface area contributed by atoms with E-state index in [0.717, 1.165) is 37.2 Å². The lowest BCUT2D eigenvalue weighted by Gasteiger charge is -2.34. The van der Waals surface area contributed by atoms with Gasteiger partial charge in [0.25, 0.3) is 5.91 Å². The highest BCUT2D eigenvalue weighted by Gasteiger charge is 2.31. The van der Waals surface area contributed by atoms with Crippen molar-refractivity contribution in [3.8, 4) is 0 Å². The van der Waals surface area contributed by atoms with E-state index < -0.39 is 0 Å². The summed E-state index contributed by atoms with van der Waals surface area (Å²) in [6.45, 7) is 1.81. The maximum atomic E-state index is 12.3. The Hall–Kier alpha value is -0.680. The van der Waals surface area contributed by atoms with Gasteiger partial charge in [-0.3, -0.25) is 4.79 Å². The molecule has 2 rings (SSSR count). The Morgan fingerprint density at radius 2 is 2.18 bits per heavy atom. The number of carbonyl (C=O) groups is 1. The summed E-state index contributed by atoms with van der Waals surface area (Å²) in [5.41, 5.74) is 0.703. The van der Waals surface area contributed by atoms with E-state index in [-0.39, 0.29) is 17.3 Å². The predicted molar refractivity (Wildman–Crippen MR) is 68.6 cm³/mol. The smallest absolute Gasteiger partial charge is 0.267 e. The second-order valence-corrected chi connectivity index (χ2v) is 5.79. The standard InChI is InChI=1S/C11H16ClN3OS/c1-7-10(17-14-13-7)11(16)15(2)9-6-4-3-5-8(9)12/h8-9H,3-6H2,1-2H3. The number of amides is 1. The Morgan fingerprint density at radius 1 is 1.47 bits per heavy atom. The summed E-state index contributed by atoms with van der Waals surface area (Å²) in [5.74, 6) is -0.00458. The Morgan fingerprint density at radius 3 is 2.76 bits per heavy atom. The quantitative estimate of drug-likeness (QED) is 0.778. The van der Waals surface area contributed by atoms with Gasteiger partial charge in [-0.05, 0) is 31.3 Å². The molecule has 2 unspecified atom stereocenters. The van der Waals surface area contributed by atoms with Crippen LogP contribution in [-0.2, 0) is 0 Å². The highest BCUT2D eigenvalue weighted by Crippen LogP contribution is 2.28. The van der Waals surface area contributed by atoms with Gasteiger partial charge in [0.1, 0.15) is 4.88 Å². The number of carbonyl (C=O) groups excluding carboxylic acids is 1. The zero-order valence-corrected chi connectivity index (χ0v) is 11.6. The lowest BCUT2D eigenvalue weighted by atomic mass is 9.94. The fourth-order valence-corrected chi connectivity index (χ4v) is 3.33. The summed E-state index contributed by atoms with van der Waals surface area (Å²) in [7, 11) is 1.83. The topological polar surface area (TPSA) is 46.1 Å². The van der Waals surface area contributed by atoms with E-state index in [4.69, 9.17) is 11.6 Å². The molecule has 2 atom stereocenters. The summed E-state index contributed by atoms with van der Waals surface area (Å²) in [4.78, 5) is 14.7. The average Bonchev–Trinajstić information content (AvgIpc) is 2.74. The van der Waals surface area contributed by atoms with Gasteiger partial charge in [-0.25, -0.2) is 0 Å². The fourth-order valence-electron chi connectivity index (χ4n) is 2.24. The molecule has 1 amide bonds. The van der Waals surface area contributed by atoms with E-state index in [0.29, 0.717) is 10.6 Å². The molecule has 1 saturated carbocycles. The van der Waals surface area contributed by atoms with Crippen LogP contribution in [0.15, 0.2) is 0 Å². The molecule has 1 aliphatic carbocycles. The first-order chi connectivity index (χ1) is 8.11. The summed E-state index contributed by atoms with van der Waals surface area (Å²) >= 11 is 7.46. The van der Waals surface area contributed by atoms with Crippen molar-refractivity contribution in [3.63, 3.8) is 0 Å². The number of halogens is 1. The molecule has 0 N–H and O–H groups in total. The molecule has 0 aliphatic heterocycles. The maximum absolute atomic E-state index is 12.3. The number of aryl methyl sites for hydroxylation is 1. The minimum Gasteiger partial charge on any atom is -0.336 e. The van der Waals surface area contributed by atoms with E-state index in [2.05, 4.69) is 9.59 Å². The number of hydrogen-bond acceptors (Lipinski definition) is 4. The normalized spacial score (nSPS) is 24.6. The lowest BCUT2D eigenvalue weighted by Crippen LogP contribution is -2.44. The fraction of sp³-hybridized carbons (Fsp3) is 0.727. The third-order valence-corrected chi connectivity index (χ3v) is 4.64. The Labute approximate surface area is 110 Å². The molecule has 1 aromatic rings. The van der Waals surface area contributed by atoms with Crippen LogP contribution in [0.5, 0.6) is 0 Å². The molecule has 94 valence electrons. The summed E-state index contributed by atoms with van der Waals surface area (Å²) in [6, 6.07) is 0.138. The van der Waals surface area contributed by atoms with Gasteiger partial charge in [0, 0.05) is 13.1 Å². The SMILES string of the molecule is Cc1nnsc1C(=O)N(C)C1CCCCC1Cl. The first-order valence-electron chi connectivity index (χ1n) is 5.81. The molecule has 0 spiro atoms. The van der Waals surface area contributed by atoms with Crippen molar-refractivity contribution in [2.75, 3.05) is 7.05 Å². The van der Waals surface area contributed by atoms with Gasteiger partial charge in [0.05, 0.1) is 11.1 Å². The van der Waals surface area contributed by atoms with Crippen LogP contribution < -0.4 is 0 Å². The molecule has 17 heavy (non-hydrogen) atoms. The van der Waals surface area contributed by atoms with Gasteiger partial charge in [-0.2, -0.15) is 0 Å². The third-order valence-electron chi connectivity index (χ3n) is 3.31. The summed E-state index contributed by atoms with van der Waals surface area (Å²) in [5, 5.41) is 3.94. The molecule has 4 nitrogen and oxygen atoms in total. The maximum Gasteiger partial charge on any atom is 0.267 e. The van der Waals surface area contributed by atoms with E-state index in [1.165, 1.54) is 0 Å². The molecule has 1 aromatic heterocycles. The first kappa shape index (κ1) is 12.8. The molecule has 1 aliphatic rings. The average molecular weight is 274 g/mol. The van der Waals surface area contributed by atoms with Crippen molar-refractivity contribution < 1.29 is 4.79 Å². The Kier molecular flexibility index (Phi) is 3.99. The van der Waals surface area contributed by atoms with E-state index in [1.54, 1.807) is 4.90 Å². The van der Waals surface area contributed by atoms with Gasteiger partial charge in [-0.1, -0.05) is 17.3 Å². The number of nitrogens with zero attached hydrogens (tertiary/aromatic N) is 3. The van der Waals surface area contributed by atoms with Crippen LogP contribution in [0.1, 0.15) is 41.0 Å². The summed E-state index contributed by atoms with van der Waals surface area (Å²) in [6.07, 6.45) is 4.28. The van der Waals surface area contributed by atoms with E-state index in [1.807, 2.05) is 14.0 Å². The van der Waals surface area contributed by atoms with Crippen LogP contribution >= 0.6 is 23.1 Å². The van der Waals surface area contributed by atoms with Gasteiger partial charge < -0.3 is 4.90 Å². The monoisotopic (exact) mass is 273 g/mol. The number of rotatable bonds is 2. The second kappa shape index (κ2) is 5.31. The molecular weight excluding hydrogens is 258 g/mol. The van der Waals surface area contributed by atoms with Crippen LogP contribution in [0.2, 0.25) is 0 Å². The first-order valence-corrected chi connectivity index (χ1v) is 7.02. The van der Waals surface area contributed by atoms with Crippen LogP contribution in [0.4, 0.5) is 0 Å². The van der Waals surface area contributed by atoms with Gasteiger partial charge >= 0.3 is 0 Å². The van der Waals surface area contributed by atoms with Crippen molar-refractivity contribution >= 4 is 29.0 Å². The highest BCUT2D eigenvalue weighted by molar-refractivity contribution is 7.07. The van der Waals surface area contributed by atoms with Crippen molar-refractivity contribution in [1.29, 1.82) is 0 Å². The molecule has 6 heteroatoms. The van der Waals surface area contributed by atoms with E-state index in [9.17, 15) is 4.79 Å². The van der Waals surface area contributed by atoms with Crippen LogP contribution in [-0.4, -0.2) is 38.9 Å². The third kappa shape index (κ3) is 2.60. The molecule has 0 bridgehead atoms. The molecule has 0 aromatic carbocycles. The molecule has 1 heterocycles. The van der Waals surface area contributed by atoms with Gasteiger partial charge in [0.15, 0.2) is 0 Å².